The Labute approximate surface area is 174 Å². The second-order valence-electron chi connectivity index (χ2n) is 6.83. The van der Waals surface area contributed by atoms with Gasteiger partial charge in [-0.05, 0) is 30.5 Å². The maximum Gasteiger partial charge on any atom is 0.324 e. The number of benzene rings is 2. The summed E-state index contributed by atoms with van der Waals surface area (Å²) in [5, 5.41) is 4.37. The number of thioether (sulfide) groups is 1. The fourth-order valence-electron chi connectivity index (χ4n) is 3.18. The third kappa shape index (κ3) is 6.64. The van der Waals surface area contributed by atoms with E-state index in [1.165, 1.54) is 11.8 Å². The lowest BCUT2D eigenvalue weighted by Crippen LogP contribution is -2.45. The van der Waals surface area contributed by atoms with Gasteiger partial charge in [-0.2, -0.15) is 0 Å². The quantitative estimate of drug-likeness (QED) is 0.533. The molecule has 6 nitrogen and oxygen atoms in total. The van der Waals surface area contributed by atoms with E-state index in [-0.39, 0.29) is 6.04 Å². The van der Waals surface area contributed by atoms with Gasteiger partial charge in [-0.3, -0.25) is 14.9 Å². The zero-order valence-corrected chi connectivity index (χ0v) is 16.8. The highest BCUT2D eigenvalue weighted by atomic mass is 32.2. The maximum atomic E-state index is 12.7. The summed E-state index contributed by atoms with van der Waals surface area (Å²) in [6.45, 7) is -0.504. The van der Waals surface area contributed by atoms with Gasteiger partial charge in [-0.1, -0.05) is 61.4 Å². The lowest BCUT2D eigenvalue weighted by molar-refractivity contribution is -0.147. The fourth-order valence-corrected chi connectivity index (χ4v) is 4.23. The van der Waals surface area contributed by atoms with Crippen LogP contribution in [-0.4, -0.2) is 30.6 Å². The smallest absolute Gasteiger partial charge is 0.324 e. The van der Waals surface area contributed by atoms with Crippen molar-refractivity contribution in [1.82, 2.24) is 10.6 Å². The van der Waals surface area contributed by atoms with E-state index in [1.807, 2.05) is 60.7 Å². The van der Waals surface area contributed by atoms with Gasteiger partial charge in [0.1, 0.15) is 5.25 Å². The Morgan fingerprint density at radius 3 is 2.24 bits per heavy atom. The molecule has 0 saturated heterocycles. The van der Waals surface area contributed by atoms with Crippen LogP contribution in [0.25, 0.3) is 0 Å². The Morgan fingerprint density at radius 2 is 1.59 bits per heavy atom. The van der Waals surface area contributed by atoms with Crippen LogP contribution in [0, 0.1) is 0 Å². The van der Waals surface area contributed by atoms with Crippen molar-refractivity contribution in [3.05, 3.63) is 66.2 Å². The number of carbonyl (C=O) groups is 3. The van der Waals surface area contributed by atoms with Crippen LogP contribution in [0.5, 0.6) is 0 Å². The molecule has 29 heavy (non-hydrogen) atoms. The van der Waals surface area contributed by atoms with Crippen molar-refractivity contribution in [2.24, 2.45) is 0 Å². The van der Waals surface area contributed by atoms with Gasteiger partial charge in [0, 0.05) is 10.9 Å². The molecule has 3 amide bonds. The number of amides is 3. The van der Waals surface area contributed by atoms with Gasteiger partial charge >= 0.3 is 12.0 Å². The summed E-state index contributed by atoms with van der Waals surface area (Å²) >= 11 is 1.35. The van der Waals surface area contributed by atoms with E-state index in [4.69, 9.17) is 4.74 Å². The summed E-state index contributed by atoms with van der Waals surface area (Å²) in [4.78, 5) is 37.5. The molecule has 1 atom stereocenters. The summed E-state index contributed by atoms with van der Waals surface area (Å²) in [5.41, 5.74) is 0.783. The minimum atomic E-state index is -0.648. The van der Waals surface area contributed by atoms with Gasteiger partial charge < -0.3 is 10.1 Å². The molecule has 2 aromatic carbocycles. The van der Waals surface area contributed by atoms with Crippen LogP contribution >= 0.6 is 11.8 Å². The number of imide groups is 1. The van der Waals surface area contributed by atoms with Gasteiger partial charge in [-0.25, -0.2) is 4.79 Å². The van der Waals surface area contributed by atoms with Crippen molar-refractivity contribution in [2.75, 3.05) is 6.61 Å². The molecule has 152 valence electrons. The van der Waals surface area contributed by atoms with Gasteiger partial charge in [0.2, 0.25) is 0 Å². The second kappa shape index (κ2) is 10.7. The third-order valence-corrected chi connectivity index (χ3v) is 5.85. The summed E-state index contributed by atoms with van der Waals surface area (Å²) in [6.07, 6.45) is 4.01. The zero-order valence-electron chi connectivity index (χ0n) is 16.0. The molecule has 1 aliphatic rings. The van der Waals surface area contributed by atoms with Gasteiger partial charge in [0.05, 0.1) is 0 Å². The average molecular weight is 413 g/mol. The van der Waals surface area contributed by atoms with Crippen molar-refractivity contribution in [3.63, 3.8) is 0 Å². The molecule has 2 aromatic rings. The first-order valence-electron chi connectivity index (χ1n) is 9.65. The van der Waals surface area contributed by atoms with Crippen LogP contribution in [0.2, 0.25) is 0 Å². The monoisotopic (exact) mass is 412 g/mol. The fraction of sp³-hybridized carbons (Fsp3) is 0.318. The molecule has 1 saturated carbocycles. The maximum absolute atomic E-state index is 12.7. The molecule has 1 aliphatic carbocycles. The first-order chi connectivity index (χ1) is 14.1. The minimum Gasteiger partial charge on any atom is -0.454 e. The molecule has 0 bridgehead atoms. The summed E-state index contributed by atoms with van der Waals surface area (Å²) in [5.74, 6) is -1.18. The number of esters is 1. The van der Waals surface area contributed by atoms with E-state index in [0.717, 1.165) is 36.1 Å². The van der Waals surface area contributed by atoms with Crippen molar-refractivity contribution in [1.29, 1.82) is 0 Å². The van der Waals surface area contributed by atoms with Crippen LogP contribution in [-0.2, 0) is 14.3 Å². The van der Waals surface area contributed by atoms with Crippen molar-refractivity contribution >= 4 is 29.7 Å². The van der Waals surface area contributed by atoms with Crippen LogP contribution in [0.4, 0.5) is 4.79 Å². The molecule has 0 aromatic heterocycles. The topological polar surface area (TPSA) is 84.5 Å². The predicted octanol–water partition coefficient (Wildman–Crippen LogP) is 3.83. The minimum absolute atomic E-state index is 0.107. The summed E-state index contributed by atoms with van der Waals surface area (Å²) < 4.78 is 5.21. The molecule has 0 aliphatic heterocycles. The van der Waals surface area contributed by atoms with Crippen LogP contribution in [0.1, 0.15) is 36.5 Å². The molecule has 7 heteroatoms. The molecule has 0 heterocycles. The molecule has 2 N–H and O–H groups in total. The number of carbonyl (C=O) groups excluding carboxylic acids is 3. The Kier molecular flexibility index (Phi) is 7.69. The number of ether oxygens (including phenoxy) is 1. The van der Waals surface area contributed by atoms with E-state index in [0.29, 0.717) is 0 Å². The highest BCUT2D eigenvalue weighted by Gasteiger charge is 2.25. The first kappa shape index (κ1) is 20.9. The van der Waals surface area contributed by atoms with Crippen molar-refractivity contribution in [3.8, 4) is 0 Å². The largest absolute Gasteiger partial charge is 0.454 e. The number of nitrogens with one attached hydrogen (secondary N) is 2. The molecule has 1 fully saturated rings. The lowest BCUT2D eigenvalue weighted by atomic mass is 10.1. The number of rotatable bonds is 7. The van der Waals surface area contributed by atoms with Gasteiger partial charge in [-0.15, -0.1) is 11.8 Å². The first-order valence-corrected chi connectivity index (χ1v) is 10.5. The van der Waals surface area contributed by atoms with Crippen LogP contribution < -0.4 is 10.6 Å². The Hall–Kier alpha value is -2.80. The summed E-state index contributed by atoms with van der Waals surface area (Å²) in [6, 6.07) is 18.3. The Bertz CT molecular complexity index is 823. The SMILES string of the molecule is O=C(COC(=O)[C@H](Sc1ccccc1)c1ccccc1)NC(=O)NC1CCCC1. The van der Waals surface area contributed by atoms with Crippen molar-refractivity contribution in [2.45, 2.75) is 41.9 Å². The highest BCUT2D eigenvalue weighted by molar-refractivity contribution is 8.00. The molecular weight excluding hydrogens is 388 g/mol. The molecular formula is C22H24N2O4S. The van der Waals surface area contributed by atoms with Crippen LogP contribution in [0.15, 0.2) is 65.6 Å². The van der Waals surface area contributed by atoms with E-state index in [2.05, 4.69) is 10.6 Å². The van der Waals surface area contributed by atoms with Gasteiger partial charge in [0.15, 0.2) is 6.61 Å². The summed E-state index contributed by atoms with van der Waals surface area (Å²) in [7, 11) is 0. The number of hydrogen-bond acceptors (Lipinski definition) is 5. The van der Waals surface area contributed by atoms with Crippen LogP contribution in [0.3, 0.4) is 0 Å². The van der Waals surface area contributed by atoms with E-state index in [1.54, 1.807) is 0 Å². The van der Waals surface area contributed by atoms with E-state index < -0.39 is 29.8 Å². The highest BCUT2D eigenvalue weighted by Crippen LogP contribution is 2.36. The predicted molar refractivity (Wildman–Crippen MR) is 111 cm³/mol. The van der Waals surface area contributed by atoms with E-state index >= 15 is 0 Å². The van der Waals surface area contributed by atoms with E-state index in [9.17, 15) is 14.4 Å². The standard InChI is InChI=1S/C22H24N2O4S/c25-19(24-22(27)23-17-11-7-8-12-17)15-28-21(26)20(16-9-3-1-4-10-16)29-18-13-5-2-6-14-18/h1-6,9-10,13-14,17,20H,7-8,11-12,15H2,(H2,23,24,25,27)/t20-/m1/s1. The molecule has 3 rings (SSSR count). The number of urea groups is 1. The van der Waals surface area contributed by atoms with Crippen molar-refractivity contribution < 1.29 is 19.1 Å². The molecule has 0 radical (unpaired) electrons. The average Bonchev–Trinajstić information content (AvgIpc) is 3.24. The lowest BCUT2D eigenvalue weighted by Gasteiger charge is -2.16. The molecule has 0 spiro atoms. The normalized spacial score (nSPS) is 14.8. The Balaban J connectivity index is 1.55. The Morgan fingerprint density at radius 1 is 0.966 bits per heavy atom. The second-order valence-corrected chi connectivity index (χ2v) is 8.01. The zero-order chi connectivity index (χ0) is 20.5. The third-order valence-electron chi connectivity index (χ3n) is 4.60. The van der Waals surface area contributed by atoms with Gasteiger partial charge in [0.25, 0.3) is 5.91 Å². The number of hydrogen-bond donors (Lipinski definition) is 2. The molecule has 0 unspecified atom stereocenters.